The van der Waals surface area contributed by atoms with Crippen LogP contribution in [0.3, 0.4) is 0 Å². The summed E-state index contributed by atoms with van der Waals surface area (Å²) in [6, 6.07) is 0.995. The number of nitrogens with two attached hydrogens (primary N) is 1. The lowest BCUT2D eigenvalue weighted by Gasteiger charge is -2.14. The number of aliphatic hydroxyl groups is 1. The van der Waals surface area contributed by atoms with Gasteiger partial charge in [-0.3, -0.25) is 4.79 Å². The maximum absolute atomic E-state index is 11.6. The summed E-state index contributed by atoms with van der Waals surface area (Å²) >= 11 is 12.7. The molecule has 0 fully saturated rings. The highest BCUT2D eigenvalue weighted by Crippen LogP contribution is 2.30. The number of amides is 1. The van der Waals surface area contributed by atoms with E-state index in [-0.39, 0.29) is 12.5 Å². The highest BCUT2D eigenvalue weighted by Gasteiger charge is 2.16. The summed E-state index contributed by atoms with van der Waals surface area (Å²) in [5.74, 6) is -0.343. The monoisotopic (exact) mass is 282 g/mol. The van der Waals surface area contributed by atoms with Gasteiger partial charge in [-0.1, -0.05) is 23.2 Å². The largest absolute Gasteiger partial charge is 0.392 e. The van der Waals surface area contributed by atoms with Crippen molar-refractivity contribution in [2.45, 2.75) is 19.1 Å². The second-order valence-corrected chi connectivity index (χ2v) is 5.64. The molecule has 2 atom stereocenters. The third-order valence-electron chi connectivity index (χ3n) is 2.02. The van der Waals surface area contributed by atoms with Crippen LogP contribution in [0.2, 0.25) is 8.67 Å². The topological polar surface area (TPSA) is 75.3 Å². The highest BCUT2D eigenvalue weighted by molar-refractivity contribution is 7.20. The standard InChI is InChI=1S/C9H12Cl2N2O2S/c1-4(14)6(12)3-13-9(15)5-2-7(10)16-8(5)11/h2,4,6,14H,3,12H2,1H3,(H,13,15). The number of carbonyl (C=O) groups is 1. The molecule has 0 aliphatic heterocycles. The van der Waals surface area contributed by atoms with Crippen molar-refractivity contribution < 1.29 is 9.90 Å². The molecule has 1 amide bonds. The van der Waals surface area contributed by atoms with Gasteiger partial charge in [-0.05, 0) is 13.0 Å². The zero-order valence-corrected chi connectivity index (χ0v) is 10.9. The van der Waals surface area contributed by atoms with Crippen LogP contribution in [-0.4, -0.2) is 29.7 Å². The quantitative estimate of drug-likeness (QED) is 0.783. The third kappa shape index (κ3) is 3.61. The lowest BCUT2D eigenvalue weighted by molar-refractivity contribution is 0.0938. The molecular weight excluding hydrogens is 271 g/mol. The van der Waals surface area contributed by atoms with Gasteiger partial charge in [0, 0.05) is 12.6 Å². The molecule has 90 valence electrons. The highest BCUT2D eigenvalue weighted by atomic mass is 35.5. The predicted octanol–water partition coefficient (Wildman–Crippen LogP) is 1.49. The van der Waals surface area contributed by atoms with Gasteiger partial charge in [0.15, 0.2) is 0 Å². The van der Waals surface area contributed by atoms with Crippen LogP contribution in [0.15, 0.2) is 6.07 Å². The van der Waals surface area contributed by atoms with Gasteiger partial charge in [-0.15, -0.1) is 11.3 Å². The Labute approximate surface area is 107 Å². The summed E-state index contributed by atoms with van der Waals surface area (Å²) in [6.07, 6.45) is -0.679. The first-order valence-electron chi connectivity index (χ1n) is 4.58. The molecule has 16 heavy (non-hydrogen) atoms. The van der Waals surface area contributed by atoms with Crippen molar-refractivity contribution in [3.8, 4) is 0 Å². The molecule has 4 N–H and O–H groups in total. The van der Waals surface area contributed by atoms with Gasteiger partial charge in [0.2, 0.25) is 0 Å². The molecule has 7 heteroatoms. The Bertz CT molecular complexity index is 382. The van der Waals surface area contributed by atoms with Crippen molar-refractivity contribution in [2.24, 2.45) is 5.73 Å². The van der Waals surface area contributed by atoms with Gasteiger partial charge in [0.1, 0.15) is 4.34 Å². The Morgan fingerprint density at radius 3 is 2.75 bits per heavy atom. The molecule has 1 rings (SSSR count). The van der Waals surface area contributed by atoms with Crippen molar-refractivity contribution in [3.05, 3.63) is 20.3 Å². The lowest BCUT2D eigenvalue weighted by atomic mass is 10.2. The van der Waals surface area contributed by atoms with Crippen LogP contribution < -0.4 is 11.1 Å². The minimum Gasteiger partial charge on any atom is -0.392 e. The van der Waals surface area contributed by atoms with E-state index in [1.807, 2.05) is 0 Å². The van der Waals surface area contributed by atoms with Crippen molar-refractivity contribution in [3.63, 3.8) is 0 Å². The first kappa shape index (κ1) is 13.7. The summed E-state index contributed by atoms with van der Waals surface area (Å²) in [6.45, 7) is 1.74. The molecule has 1 aromatic rings. The number of hydrogen-bond donors (Lipinski definition) is 3. The van der Waals surface area contributed by atoms with E-state index in [0.717, 1.165) is 11.3 Å². The molecule has 0 spiro atoms. The van der Waals surface area contributed by atoms with E-state index in [1.54, 1.807) is 6.92 Å². The van der Waals surface area contributed by atoms with Crippen molar-refractivity contribution in [2.75, 3.05) is 6.54 Å². The maximum atomic E-state index is 11.6. The number of aliphatic hydroxyl groups excluding tert-OH is 1. The van der Waals surface area contributed by atoms with Gasteiger partial charge >= 0.3 is 0 Å². The van der Waals surface area contributed by atoms with Crippen LogP contribution in [-0.2, 0) is 0 Å². The SMILES string of the molecule is CC(O)C(N)CNC(=O)c1cc(Cl)sc1Cl. The van der Waals surface area contributed by atoms with E-state index in [9.17, 15) is 4.79 Å². The zero-order valence-electron chi connectivity index (χ0n) is 8.54. The maximum Gasteiger partial charge on any atom is 0.253 e. The van der Waals surface area contributed by atoms with E-state index in [2.05, 4.69) is 5.32 Å². The minimum atomic E-state index is -0.679. The fourth-order valence-electron chi connectivity index (χ4n) is 0.971. The molecule has 0 radical (unpaired) electrons. The van der Waals surface area contributed by atoms with E-state index < -0.39 is 12.1 Å². The average molecular weight is 283 g/mol. The minimum absolute atomic E-state index is 0.181. The Morgan fingerprint density at radius 2 is 2.31 bits per heavy atom. The second-order valence-electron chi connectivity index (χ2n) is 3.35. The van der Waals surface area contributed by atoms with Gasteiger partial charge < -0.3 is 16.2 Å². The van der Waals surface area contributed by atoms with E-state index >= 15 is 0 Å². The molecule has 1 aromatic heterocycles. The molecule has 0 aromatic carbocycles. The van der Waals surface area contributed by atoms with Gasteiger partial charge in [-0.25, -0.2) is 0 Å². The first-order valence-corrected chi connectivity index (χ1v) is 6.15. The molecule has 4 nitrogen and oxygen atoms in total. The van der Waals surface area contributed by atoms with Crippen LogP contribution in [0, 0.1) is 0 Å². The van der Waals surface area contributed by atoms with Gasteiger partial charge in [-0.2, -0.15) is 0 Å². The second kappa shape index (κ2) is 5.84. The number of carbonyl (C=O) groups excluding carboxylic acids is 1. The van der Waals surface area contributed by atoms with Gasteiger partial charge in [0.25, 0.3) is 5.91 Å². The Morgan fingerprint density at radius 1 is 1.69 bits per heavy atom. The normalized spacial score (nSPS) is 14.6. The van der Waals surface area contributed by atoms with Crippen LogP contribution in [0.5, 0.6) is 0 Å². The summed E-state index contributed by atoms with van der Waals surface area (Å²) in [7, 11) is 0. The number of rotatable bonds is 4. The van der Waals surface area contributed by atoms with E-state index in [0.29, 0.717) is 14.2 Å². The number of hydrogen-bond acceptors (Lipinski definition) is 4. The molecular formula is C9H12Cl2N2O2S. The zero-order chi connectivity index (χ0) is 12.3. The molecule has 0 aliphatic carbocycles. The lowest BCUT2D eigenvalue weighted by Crippen LogP contribution is -2.43. The van der Waals surface area contributed by atoms with E-state index in [1.165, 1.54) is 6.07 Å². The third-order valence-corrected chi connectivity index (χ3v) is 3.51. The van der Waals surface area contributed by atoms with Crippen LogP contribution in [0.1, 0.15) is 17.3 Å². The molecule has 0 saturated heterocycles. The van der Waals surface area contributed by atoms with Crippen molar-refractivity contribution >= 4 is 40.4 Å². The summed E-state index contributed by atoms with van der Waals surface area (Å²) < 4.78 is 0.795. The van der Waals surface area contributed by atoms with Crippen molar-refractivity contribution in [1.82, 2.24) is 5.32 Å². The van der Waals surface area contributed by atoms with Crippen LogP contribution >= 0.6 is 34.5 Å². The molecule has 1 heterocycles. The Balaban J connectivity index is 2.56. The molecule has 0 bridgehead atoms. The smallest absolute Gasteiger partial charge is 0.253 e. The molecule has 2 unspecified atom stereocenters. The first-order chi connectivity index (χ1) is 7.41. The van der Waals surface area contributed by atoms with Crippen LogP contribution in [0.4, 0.5) is 0 Å². The molecule has 0 saturated carbocycles. The van der Waals surface area contributed by atoms with Crippen molar-refractivity contribution in [1.29, 1.82) is 0 Å². The molecule has 0 aliphatic rings. The fourth-order valence-corrected chi connectivity index (χ4v) is 2.43. The Kier molecular flexibility index (Phi) is 5.01. The Hall–Kier alpha value is -0.330. The summed E-state index contributed by atoms with van der Waals surface area (Å²) in [4.78, 5) is 11.6. The number of halogens is 2. The van der Waals surface area contributed by atoms with E-state index in [4.69, 9.17) is 34.0 Å². The predicted molar refractivity (Wildman–Crippen MR) is 66.3 cm³/mol. The van der Waals surface area contributed by atoms with Crippen LogP contribution in [0.25, 0.3) is 0 Å². The average Bonchev–Trinajstić information content (AvgIpc) is 2.53. The summed E-state index contributed by atoms with van der Waals surface area (Å²) in [5.41, 5.74) is 5.89. The number of thiophene rings is 1. The fraction of sp³-hybridized carbons (Fsp3) is 0.444. The summed E-state index contributed by atoms with van der Waals surface area (Å²) in [5, 5.41) is 11.7. The number of nitrogens with one attached hydrogen (secondary N) is 1. The van der Waals surface area contributed by atoms with Gasteiger partial charge in [0.05, 0.1) is 16.0 Å².